The van der Waals surface area contributed by atoms with E-state index < -0.39 is 0 Å². The molecule has 19 heavy (non-hydrogen) atoms. The smallest absolute Gasteiger partial charge is 0.283 e. The van der Waals surface area contributed by atoms with E-state index in [1.54, 1.807) is 6.20 Å². The van der Waals surface area contributed by atoms with Crippen molar-refractivity contribution in [2.75, 3.05) is 31.1 Å². The average Bonchev–Trinajstić information content (AvgIpc) is 2.92. The van der Waals surface area contributed by atoms with Gasteiger partial charge in [0, 0.05) is 19.1 Å². The Morgan fingerprint density at radius 3 is 3.05 bits per heavy atom. The monoisotopic (exact) mass is 330 g/mol. The van der Waals surface area contributed by atoms with E-state index in [4.69, 9.17) is 5.11 Å². The number of aliphatic hydroxyl groups is 1. The fraction of sp³-hybridized carbons (Fsp3) is 0.667. The van der Waals surface area contributed by atoms with Crippen LogP contribution in [0.1, 0.15) is 13.3 Å². The number of halogens is 1. The molecule has 2 heterocycles. The zero-order chi connectivity index (χ0) is 13.8. The van der Waals surface area contributed by atoms with E-state index in [1.165, 1.54) is 4.68 Å². The molecule has 1 saturated heterocycles. The maximum Gasteiger partial charge on any atom is 0.283 e. The number of hydrogen-bond donors (Lipinski definition) is 2. The van der Waals surface area contributed by atoms with Gasteiger partial charge in [-0.05, 0) is 35.8 Å². The summed E-state index contributed by atoms with van der Waals surface area (Å²) in [6.07, 6.45) is 2.77. The summed E-state index contributed by atoms with van der Waals surface area (Å²) in [5, 5.41) is 16.3. The summed E-state index contributed by atoms with van der Waals surface area (Å²) in [5.41, 5.74) is 0.631. The molecule has 0 saturated carbocycles. The Morgan fingerprint density at radius 2 is 2.47 bits per heavy atom. The first-order valence-electron chi connectivity index (χ1n) is 6.52. The number of aliphatic hydroxyl groups excluding tert-OH is 1. The summed E-state index contributed by atoms with van der Waals surface area (Å²) in [5.74, 6) is 0. The number of anilines is 1. The SMILES string of the molecule is CCN(c1cnn(CCO)c(=O)c1Br)C1CCNC1. The van der Waals surface area contributed by atoms with Crippen molar-refractivity contribution in [1.82, 2.24) is 15.1 Å². The molecule has 0 radical (unpaired) electrons. The highest BCUT2D eigenvalue weighted by atomic mass is 79.9. The topological polar surface area (TPSA) is 70.4 Å². The van der Waals surface area contributed by atoms with Gasteiger partial charge >= 0.3 is 0 Å². The van der Waals surface area contributed by atoms with Crippen LogP contribution in [0.3, 0.4) is 0 Å². The zero-order valence-electron chi connectivity index (χ0n) is 11.0. The van der Waals surface area contributed by atoms with Gasteiger partial charge in [0.2, 0.25) is 0 Å². The van der Waals surface area contributed by atoms with Crippen LogP contribution in [0.25, 0.3) is 0 Å². The third-order valence-corrected chi connectivity index (χ3v) is 4.15. The molecule has 1 aromatic heterocycles. The van der Waals surface area contributed by atoms with Crippen LogP contribution in [0.2, 0.25) is 0 Å². The molecule has 1 atom stereocenters. The Labute approximate surface area is 120 Å². The molecular weight excluding hydrogens is 312 g/mol. The van der Waals surface area contributed by atoms with Crippen molar-refractivity contribution in [3.8, 4) is 0 Å². The first kappa shape index (κ1) is 14.5. The second-order valence-electron chi connectivity index (χ2n) is 4.53. The van der Waals surface area contributed by atoms with E-state index in [1.807, 2.05) is 0 Å². The van der Waals surface area contributed by atoms with Gasteiger partial charge < -0.3 is 15.3 Å². The third-order valence-electron chi connectivity index (χ3n) is 3.40. The fourth-order valence-corrected chi connectivity index (χ4v) is 2.98. The van der Waals surface area contributed by atoms with Gasteiger partial charge in [-0.25, -0.2) is 4.68 Å². The largest absolute Gasteiger partial charge is 0.394 e. The standard InChI is InChI=1S/C12H19BrN4O2/c1-2-16(9-3-4-14-7-9)10-8-15-17(5-6-18)12(19)11(10)13/h8-9,14,18H,2-7H2,1H3. The molecule has 2 rings (SSSR count). The minimum Gasteiger partial charge on any atom is -0.394 e. The van der Waals surface area contributed by atoms with Crippen LogP contribution in [-0.4, -0.2) is 47.2 Å². The van der Waals surface area contributed by atoms with Crippen molar-refractivity contribution < 1.29 is 5.11 Å². The van der Waals surface area contributed by atoms with E-state index in [2.05, 4.69) is 38.2 Å². The third kappa shape index (κ3) is 2.98. The summed E-state index contributed by atoms with van der Waals surface area (Å²) < 4.78 is 1.79. The average molecular weight is 331 g/mol. The van der Waals surface area contributed by atoms with Gasteiger partial charge in [0.05, 0.1) is 25.0 Å². The summed E-state index contributed by atoms with van der Waals surface area (Å²) in [4.78, 5) is 14.3. The molecule has 7 heteroatoms. The minimum absolute atomic E-state index is 0.0945. The van der Waals surface area contributed by atoms with Crippen LogP contribution in [0.15, 0.2) is 15.5 Å². The van der Waals surface area contributed by atoms with Gasteiger partial charge in [-0.3, -0.25) is 4.79 Å². The Balaban J connectivity index is 2.33. The van der Waals surface area contributed by atoms with Gasteiger partial charge in [-0.1, -0.05) is 0 Å². The Bertz CT molecular complexity index is 485. The number of rotatable bonds is 5. The van der Waals surface area contributed by atoms with Crippen molar-refractivity contribution >= 4 is 21.6 Å². The zero-order valence-corrected chi connectivity index (χ0v) is 12.6. The van der Waals surface area contributed by atoms with Gasteiger partial charge in [0.1, 0.15) is 4.47 Å². The predicted octanol–water partition coefficient (Wildman–Crippen LogP) is 0.186. The predicted molar refractivity (Wildman–Crippen MR) is 77.6 cm³/mol. The number of likely N-dealkylation sites (N-methyl/N-ethyl adjacent to an activating group) is 1. The van der Waals surface area contributed by atoms with Crippen molar-refractivity contribution in [2.24, 2.45) is 0 Å². The molecule has 0 amide bonds. The van der Waals surface area contributed by atoms with Gasteiger partial charge in [0.25, 0.3) is 5.56 Å². The minimum atomic E-state index is -0.198. The summed E-state index contributed by atoms with van der Waals surface area (Å²) in [7, 11) is 0. The molecule has 1 aromatic rings. The molecule has 0 aromatic carbocycles. The summed E-state index contributed by atoms with van der Waals surface area (Å²) >= 11 is 3.37. The Hall–Kier alpha value is -0.920. The molecule has 106 valence electrons. The highest BCUT2D eigenvalue weighted by Crippen LogP contribution is 2.25. The first-order valence-corrected chi connectivity index (χ1v) is 7.32. The quantitative estimate of drug-likeness (QED) is 0.806. The van der Waals surface area contributed by atoms with Crippen LogP contribution in [0.4, 0.5) is 5.69 Å². The molecule has 0 bridgehead atoms. The summed E-state index contributed by atoms with van der Waals surface area (Å²) in [6, 6.07) is 0.399. The Kier molecular flexibility index (Phi) is 4.95. The van der Waals surface area contributed by atoms with Crippen LogP contribution < -0.4 is 15.8 Å². The maximum atomic E-state index is 12.1. The normalized spacial score (nSPS) is 18.8. The van der Waals surface area contributed by atoms with Crippen molar-refractivity contribution in [3.63, 3.8) is 0 Å². The summed E-state index contributed by atoms with van der Waals surface area (Å²) in [6.45, 7) is 4.96. The first-order chi connectivity index (χ1) is 9.19. The van der Waals surface area contributed by atoms with Crippen LogP contribution in [-0.2, 0) is 6.54 Å². The van der Waals surface area contributed by atoms with Crippen molar-refractivity contribution in [2.45, 2.75) is 25.9 Å². The second-order valence-corrected chi connectivity index (χ2v) is 5.32. The second kappa shape index (κ2) is 6.49. The lowest BCUT2D eigenvalue weighted by Gasteiger charge is -2.29. The molecular formula is C12H19BrN4O2. The van der Waals surface area contributed by atoms with Gasteiger partial charge in [0.15, 0.2) is 0 Å². The van der Waals surface area contributed by atoms with E-state index >= 15 is 0 Å². The van der Waals surface area contributed by atoms with E-state index in [0.29, 0.717) is 10.5 Å². The Morgan fingerprint density at radius 1 is 1.68 bits per heavy atom. The molecule has 6 nitrogen and oxygen atoms in total. The highest BCUT2D eigenvalue weighted by Gasteiger charge is 2.24. The van der Waals surface area contributed by atoms with E-state index in [-0.39, 0.29) is 18.7 Å². The fourth-order valence-electron chi connectivity index (χ4n) is 2.44. The lowest BCUT2D eigenvalue weighted by Crippen LogP contribution is -2.38. The van der Waals surface area contributed by atoms with Crippen molar-refractivity contribution in [3.05, 3.63) is 21.0 Å². The van der Waals surface area contributed by atoms with E-state index in [9.17, 15) is 4.79 Å². The van der Waals surface area contributed by atoms with Gasteiger partial charge in [-0.2, -0.15) is 5.10 Å². The maximum absolute atomic E-state index is 12.1. The number of nitrogens with one attached hydrogen (secondary N) is 1. The van der Waals surface area contributed by atoms with Crippen LogP contribution in [0, 0.1) is 0 Å². The molecule has 0 aliphatic carbocycles. The van der Waals surface area contributed by atoms with Crippen LogP contribution in [0.5, 0.6) is 0 Å². The number of hydrogen-bond acceptors (Lipinski definition) is 5. The molecule has 1 aliphatic rings. The number of nitrogens with zero attached hydrogens (tertiary/aromatic N) is 3. The van der Waals surface area contributed by atoms with E-state index in [0.717, 1.165) is 31.7 Å². The molecule has 1 aliphatic heterocycles. The van der Waals surface area contributed by atoms with Crippen LogP contribution >= 0.6 is 15.9 Å². The molecule has 0 spiro atoms. The molecule has 2 N–H and O–H groups in total. The number of aromatic nitrogens is 2. The lowest BCUT2D eigenvalue weighted by atomic mass is 10.2. The van der Waals surface area contributed by atoms with Crippen molar-refractivity contribution in [1.29, 1.82) is 0 Å². The van der Waals surface area contributed by atoms with Gasteiger partial charge in [-0.15, -0.1) is 0 Å². The highest BCUT2D eigenvalue weighted by molar-refractivity contribution is 9.10. The lowest BCUT2D eigenvalue weighted by molar-refractivity contribution is 0.266. The molecule has 1 unspecified atom stereocenters. The molecule has 1 fully saturated rings.